The minimum atomic E-state index is -1.76. The predicted molar refractivity (Wildman–Crippen MR) is 207 cm³/mol. The third-order valence-electron chi connectivity index (χ3n) is 12.0. The number of esters is 1. The molecule has 0 unspecified atom stereocenters. The van der Waals surface area contributed by atoms with E-state index in [0.717, 1.165) is 16.5 Å². The monoisotopic (exact) mass is 767 g/mol. The van der Waals surface area contributed by atoms with Crippen molar-refractivity contribution < 1.29 is 48.3 Å². The first-order valence-corrected chi connectivity index (χ1v) is 19.6. The van der Waals surface area contributed by atoms with Crippen LogP contribution in [0.3, 0.4) is 0 Å². The predicted octanol–water partition coefficient (Wildman–Crippen LogP) is 4.90. The summed E-state index contributed by atoms with van der Waals surface area (Å²) in [6.45, 7) is 14.2. The molecule has 3 N–H and O–H groups in total. The van der Waals surface area contributed by atoms with Crippen molar-refractivity contribution in [3.8, 4) is 0 Å². The van der Waals surface area contributed by atoms with Gasteiger partial charge >= 0.3 is 12.1 Å². The van der Waals surface area contributed by atoms with Gasteiger partial charge in [-0.25, -0.2) is 4.79 Å². The van der Waals surface area contributed by atoms with Crippen molar-refractivity contribution in [1.29, 1.82) is 0 Å². The number of hydrogen-bond donors (Lipinski definition) is 3. The summed E-state index contributed by atoms with van der Waals surface area (Å²) in [5, 5.41) is 27.5. The van der Waals surface area contributed by atoms with Crippen LogP contribution in [0.2, 0.25) is 0 Å². The molecule has 0 radical (unpaired) electrons. The lowest BCUT2D eigenvalue weighted by molar-refractivity contribution is -0.297. The van der Waals surface area contributed by atoms with Gasteiger partial charge in [0.1, 0.15) is 29.8 Å². The Bertz CT molecular complexity index is 1700. The number of carbonyl (C=O) groups is 3. The van der Waals surface area contributed by atoms with Gasteiger partial charge in [-0.3, -0.25) is 14.6 Å². The number of alkyl carbamates (subject to hydrolysis) is 1. The summed E-state index contributed by atoms with van der Waals surface area (Å²) in [6.07, 6.45) is 0.304. The lowest BCUT2D eigenvalue weighted by atomic mass is 9.72. The van der Waals surface area contributed by atoms with E-state index in [2.05, 4.69) is 10.3 Å². The fourth-order valence-electron chi connectivity index (χ4n) is 8.94. The molecular formula is C42H61N3O10. The number of nitrogens with one attached hydrogen (secondary N) is 1. The summed E-state index contributed by atoms with van der Waals surface area (Å²) in [4.78, 5) is 47.8. The van der Waals surface area contributed by atoms with Crippen molar-refractivity contribution in [2.45, 2.75) is 135 Å². The molecule has 304 valence electrons. The van der Waals surface area contributed by atoms with E-state index in [4.69, 9.17) is 23.7 Å². The Morgan fingerprint density at radius 3 is 2.47 bits per heavy atom. The highest BCUT2D eigenvalue weighted by Crippen LogP contribution is 2.41. The Kier molecular flexibility index (Phi) is 13.5. The summed E-state index contributed by atoms with van der Waals surface area (Å²) in [5.74, 6) is -4.24. The lowest BCUT2D eigenvalue weighted by Gasteiger charge is -2.50. The van der Waals surface area contributed by atoms with Crippen molar-refractivity contribution in [1.82, 2.24) is 15.2 Å². The largest absolute Gasteiger partial charge is 0.459 e. The Morgan fingerprint density at radius 2 is 1.78 bits per heavy atom. The van der Waals surface area contributed by atoms with E-state index in [1.807, 2.05) is 89.2 Å². The molecule has 2 aromatic rings. The molecule has 13 heteroatoms. The maximum absolute atomic E-state index is 14.4. The Labute approximate surface area is 325 Å². The highest BCUT2D eigenvalue weighted by atomic mass is 16.7. The number of aliphatic hydroxyl groups is 2. The van der Waals surface area contributed by atoms with Crippen molar-refractivity contribution in [2.75, 3.05) is 20.7 Å². The number of benzene rings is 1. The number of nitrogens with zero attached hydrogens (tertiary/aromatic N) is 2. The summed E-state index contributed by atoms with van der Waals surface area (Å²) in [7, 11) is 3.77. The van der Waals surface area contributed by atoms with Gasteiger partial charge in [-0.1, -0.05) is 58.0 Å². The second-order valence-electron chi connectivity index (χ2n) is 16.6. The molecule has 0 spiro atoms. The zero-order chi connectivity index (χ0) is 40.4. The number of pyridine rings is 1. The number of Topliss-reactive ketones (excluding diaryl/α,β-unsaturated/α-hetero) is 1. The van der Waals surface area contributed by atoms with E-state index in [0.29, 0.717) is 6.42 Å². The quantitative estimate of drug-likeness (QED) is 0.246. The molecule has 1 aromatic heterocycles. The zero-order valence-corrected chi connectivity index (χ0v) is 33.9. The maximum atomic E-state index is 14.4. The number of para-hydroxylation sites is 1. The van der Waals surface area contributed by atoms with Crippen LogP contribution in [0.25, 0.3) is 17.0 Å². The average molecular weight is 768 g/mol. The molecular weight excluding hydrogens is 706 g/mol. The number of ketones is 1. The molecule has 4 heterocycles. The topological polar surface area (TPSA) is 166 Å². The summed E-state index contributed by atoms with van der Waals surface area (Å²) >= 11 is 0. The van der Waals surface area contributed by atoms with Crippen molar-refractivity contribution in [3.05, 3.63) is 48.2 Å². The molecule has 55 heavy (non-hydrogen) atoms. The summed E-state index contributed by atoms with van der Waals surface area (Å²) in [5.41, 5.74) is -1.27. The molecule has 13 nitrogen and oxygen atoms in total. The first kappa shape index (κ1) is 42.7. The second-order valence-corrected chi connectivity index (χ2v) is 16.6. The molecule has 3 aliphatic heterocycles. The Morgan fingerprint density at radius 1 is 1.07 bits per heavy atom. The fraction of sp³-hybridized carbons (Fsp3) is 0.667. The first-order valence-electron chi connectivity index (χ1n) is 19.6. The lowest BCUT2D eigenvalue weighted by Crippen LogP contribution is -2.65. The number of aliphatic hydroxyl groups excluding tert-OH is 1. The smallest absolute Gasteiger partial charge is 0.407 e. The normalized spacial score (nSPS) is 39.4. The van der Waals surface area contributed by atoms with Gasteiger partial charge in [-0.05, 0) is 84.7 Å². The average Bonchev–Trinajstić information content (AvgIpc) is 3.14. The zero-order valence-electron chi connectivity index (χ0n) is 33.9. The van der Waals surface area contributed by atoms with Crippen LogP contribution in [0, 0.1) is 23.7 Å². The van der Waals surface area contributed by atoms with Gasteiger partial charge in [0.2, 0.25) is 0 Å². The van der Waals surface area contributed by atoms with Crippen LogP contribution in [0.4, 0.5) is 4.79 Å². The van der Waals surface area contributed by atoms with Crippen LogP contribution in [-0.2, 0) is 33.3 Å². The minimum Gasteiger partial charge on any atom is -0.459 e. The number of ether oxygens (including phenoxy) is 5. The van der Waals surface area contributed by atoms with Gasteiger partial charge in [0.05, 0.1) is 29.9 Å². The number of likely N-dealkylation sites (N-methyl/N-ethyl adjacent to an activating group) is 1. The Hall–Kier alpha value is -3.46. The summed E-state index contributed by atoms with van der Waals surface area (Å²) < 4.78 is 31.4. The van der Waals surface area contributed by atoms with Crippen LogP contribution in [0.1, 0.15) is 80.2 Å². The van der Waals surface area contributed by atoms with E-state index in [9.17, 15) is 24.6 Å². The van der Waals surface area contributed by atoms with Crippen LogP contribution in [0.5, 0.6) is 0 Å². The number of carbonyl (C=O) groups excluding carboxylic acids is 3. The molecule has 1 aromatic carbocycles. The van der Waals surface area contributed by atoms with Crippen LogP contribution >= 0.6 is 0 Å². The molecule has 3 fully saturated rings. The van der Waals surface area contributed by atoms with E-state index in [1.165, 1.54) is 13.8 Å². The van der Waals surface area contributed by atoms with Crippen molar-refractivity contribution in [2.24, 2.45) is 23.7 Å². The van der Waals surface area contributed by atoms with Gasteiger partial charge in [0.25, 0.3) is 0 Å². The number of cyclic esters (lactones) is 1. The summed E-state index contributed by atoms with van der Waals surface area (Å²) in [6, 6.07) is 9.08. The highest BCUT2D eigenvalue weighted by molar-refractivity contribution is 6.00. The molecule has 0 aliphatic carbocycles. The van der Waals surface area contributed by atoms with Crippen LogP contribution in [-0.4, -0.2) is 119 Å². The second kappa shape index (κ2) is 17.4. The van der Waals surface area contributed by atoms with Crippen molar-refractivity contribution >= 4 is 34.8 Å². The fourth-order valence-corrected chi connectivity index (χ4v) is 8.94. The number of amides is 1. The van der Waals surface area contributed by atoms with E-state index in [1.54, 1.807) is 20.0 Å². The first-order chi connectivity index (χ1) is 25.9. The number of aromatic nitrogens is 1. The molecule has 3 saturated heterocycles. The molecule has 14 atom stereocenters. The molecule has 0 saturated carbocycles. The standard InChI is InChI=1S/C42H61N3O10/c1-11-32-42(8,50)37-25(4)33(44-40(49)55-37)23(2)21-41(7,51-18-14-15-28-20-29-16-12-13-17-30(29)43-22-28)36(26(5)34(46)27(6)38(48)53-32)54-39-35(47)31(45(9)10)19-24(3)52-39/h12-17,20,22-27,31-33,35-37,39,47,50H,11,18-19,21H2,1-10H3,(H,44,49)/b15-14+/t23-,24-,25+,26+,27-,31+,32-,33+,35-,36-,37-,39+,41+,42-/m1/s1. The molecule has 1 amide bonds. The highest BCUT2D eigenvalue weighted by Gasteiger charge is 2.55. The molecule has 3 aliphatic rings. The molecule has 5 rings (SSSR count). The number of rotatable bonds is 8. The third kappa shape index (κ3) is 9.24. The van der Waals surface area contributed by atoms with E-state index < -0.39 is 83.5 Å². The maximum Gasteiger partial charge on any atom is 0.407 e. The number of hydrogen-bond acceptors (Lipinski definition) is 12. The number of fused-ring (bicyclic) bond motifs is 3. The molecule has 2 bridgehead atoms. The van der Waals surface area contributed by atoms with Gasteiger partial charge in [0.15, 0.2) is 12.1 Å². The minimum absolute atomic E-state index is 0.102. The Balaban J connectivity index is 1.57. The van der Waals surface area contributed by atoms with Crippen LogP contribution < -0.4 is 5.32 Å². The van der Waals surface area contributed by atoms with Crippen LogP contribution in [0.15, 0.2) is 42.6 Å². The van der Waals surface area contributed by atoms with Crippen molar-refractivity contribution in [3.63, 3.8) is 0 Å². The third-order valence-corrected chi connectivity index (χ3v) is 12.0. The van der Waals surface area contributed by atoms with Gasteiger partial charge in [0, 0.05) is 35.5 Å². The van der Waals surface area contributed by atoms with E-state index in [-0.39, 0.29) is 37.5 Å². The van der Waals surface area contributed by atoms with E-state index >= 15 is 0 Å². The van der Waals surface area contributed by atoms with Gasteiger partial charge < -0.3 is 44.1 Å². The van der Waals surface area contributed by atoms with Gasteiger partial charge in [-0.15, -0.1) is 0 Å². The van der Waals surface area contributed by atoms with Gasteiger partial charge in [-0.2, -0.15) is 0 Å². The SMILES string of the molecule is CC[C@H]1OC(=O)[C@H](C)C(=O)[C@H](C)[C@@H](O[C@@H]2O[C@H](C)C[C@H](N(C)C)[C@H]2O)[C@@](C)(OC/C=C/c2cnc3ccccc3c2)C[C@@H](C)[C@@H]2NC(=O)O[C@H]([C@H]2C)[C@]1(C)O.